The third-order valence-electron chi connectivity index (χ3n) is 7.46. The molecule has 4 aromatic rings. The van der Waals surface area contributed by atoms with Gasteiger partial charge in [-0.1, -0.05) is 42.8 Å². The number of hydrogen-bond donors (Lipinski definition) is 2. The summed E-state index contributed by atoms with van der Waals surface area (Å²) in [5.41, 5.74) is 4.35. The second-order valence-electron chi connectivity index (χ2n) is 10.4. The molecular formula is C32H33N5O3. The van der Waals surface area contributed by atoms with E-state index in [4.69, 9.17) is 4.74 Å². The lowest BCUT2D eigenvalue weighted by Crippen LogP contribution is -2.33. The predicted octanol–water partition coefficient (Wildman–Crippen LogP) is 4.95. The first kappa shape index (κ1) is 25.8. The molecule has 8 heteroatoms. The topological polar surface area (TPSA) is 92.2 Å². The number of H-pyrrole nitrogens is 1. The van der Waals surface area contributed by atoms with Crippen LogP contribution in [0.2, 0.25) is 0 Å². The van der Waals surface area contributed by atoms with Gasteiger partial charge in [0.2, 0.25) is 0 Å². The van der Waals surface area contributed by atoms with Crippen LogP contribution >= 0.6 is 0 Å². The number of Topliss-reactive ketones (excluding diaryl/α,β-unsaturated/α-hetero) is 1. The Morgan fingerprint density at radius 2 is 1.90 bits per heavy atom. The van der Waals surface area contributed by atoms with Gasteiger partial charge in [0.1, 0.15) is 12.4 Å². The number of aromatic amines is 1. The summed E-state index contributed by atoms with van der Waals surface area (Å²) in [4.78, 5) is 31.6. The van der Waals surface area contributed by atoms with Crippen LogP contribution in [0.3, 0.4) is 0 Å². The first-order valence-electron chi connectivity index (χ1n) is 13.9. The first-order chi connectivity index (χ1) is 19.6. The number of nitrogens with zero attached hydrogens (tertiary/aromatic N) is 3. The number of piperidine rings is 1. The zero-order chi connectivity index (χ0) is 27.3. The van der Waals surface area contributed by atoms with E-state index in [9.17, 15) is 9.59 Å². The number of fused-ring (bicyclic) bond motifs is 1. The summed E-state index contributed by atoms with van der Waals surface area (Å²) < 4.78 is 7.77. The molecule has 0 unspecified atom stereocenters. The first-order valence-corrected chi connectivity index (χ1v) is 13.9. The van der Waals surface area contributed by atoms with Crippen LogP contribution in [0.4, 0.5) is 0 Å². The lowest BCUT2D eigenvalue weighted by molar-refractivity contribution is -0.113. The molecule has 6 rings (SSSR count). The maximum atomic E-state index is 12.9. The molecule has 1 saturated heterocycles. The average Bonchev–Trinajstić information content (AvgIpc) is 3.62. The van der Waals surface area contributed by atoms with Crippen molar-refractivity contribution in [1.82, 2.24) is 25.0 Å². The van der Waals surface area contributed by atoms with Crippen LogP contribution in [0.1, 0.15) is 47.3 Å². The van der Waals surface area contributed by atoms with Gasteiger partial charge >= 0.3 is 0 Å². The van der Waals surface area contributed by atoms with Crippen LogP contribution in [0.5, 0.6) is 5.75 Å². The van der Waals surface area contributed by atoms with Gasteiger partial charge in [-0.2, -0.15) is 5.10 Å². The number of rotatable bonds is 9. The van der Waals surface area contributed by atoms with E-state index in [1.165, 1.54) is 19.3 Å². The van der Waals surface area contributed by atoms with E-state index in [1.807, 2.05) is 54.6 Å². The molecule has 1 aliphatic carbocycles. The normalized spacial score (nSPS) is 16.1. The molecule has 2 aliphatic rings. The lowest BCUT2D eigenvalue weighted by Gasteiger charge is -2.26. The summed E-state index contributed by atoms with van der Waals surface area (Å²) in [5, 5.41) is 8.23. The third-order valence-corrected chi connectivity index (χ3v) is 7.46. The van der Waals surface area contributed by atoms with Gasteiger partial charge in [-0.25, -0.2) is 0 Å². The van der Waals surface area contributed by atoms with Gasteiger partial charge in [-0.15, -0.1) is 0 Å². The van der Waals surface area contributed by atoms with E-state index in [0.29, 0.717) is 30.0 Å². The number of carbonyl (C=O) groups excluding carboxylic acids is 2. The third kappa shape index (κ3) is 6.07. The maximum absolute atomic E-state index is 12.9. The highest BCUT2D eigenvalue weighted by molar-refractivity contribution is 6.23. The predicted molar refractivity (Wildman–Crippen MR) is 155 cm³/mol. The number of benzene rings is 2. The Labute approximate surface area is 233 Å². The summed E-state index contributed by atoms with van der Waals surface area (Å²) in [6.07, 6.45) is 10.8. The number of hydrogen-bond acceptors (Lipinski definition) is 5. The molecule has 2 aromatic carbocycles. The second-order valence-corrected chi connectivity index (χ2v) is 10.4. The van der Waals surface area contributed by atoms with E-state index in [1.54, 1.807) is 29.2 Å². The van der Waals surface area contributed by atoms with Gasteiger partial charge in [0.25, 0.3) is 5.91 Å². The number of carbonyl (C=O) groups is 2. The molecule has 0 spiro atoms. The summed E-state index contributed by atoms with van der Waals surface area (Å²) >= 11 is 0. The molecule has 40 heavy (non-hydrogen) atoms. The van der Waals surface area contributed by atoms with Gasteiger partial charge in [-0.05, 0) is 61.8 Å². The Kier molecular flexibility index (Phi) is 7.59. The largest absolute Gasteiger partial charge is 0.492 e. The minimum Gasteiger partial charge on any atom is -0.492 e. The summed E-state index contributed by atoms with van der Waals surface area (Å²) in [7, 11) is 0. The molecule has 3 heterocycles. The van der Waals surface area contributed by atoms with Crippen LogP contribution in [0.25, 0.3) is 16.5 Å². The Morgan fingerprint density at radius 3 is 2.75 bits per heavy atom. The van der Waals surface area contributed by atoms with Crippen LogP contribution < -0.4 is 10.1 Å². The van der Waals surface area contributed by atoms with Gasteiger partial charge in [0.05, 0.1) is 24.0 Å². The number of aromatic nitrogens is 3. The van der Waals surface area contributed by atoms with Crippen molar-refractivity contribution in [3.63, 3.8) is 0 Å². The molecule has 1 aliphatic heterocycles. The van der Waals surface area contributed by atoms with Gasteiger partial charge in [0, 0.05) is 41.3 Å². The molecule has 204 valence electrons. The number of ketones is 1. The fraction of sp³-hybridized carbons (Fsp3) is 0.281. The molecule has 0 atom stereocenters. The SMILES string of the molecule is O=C1CC=C(NC(=O)c2cnn(Cc3ccccc3)c2)C=C1c1cc2cc(OCCN3CCCCC3)ccc2[nH]1. The van der Waals surface area contributed by atoms with E-state index >= 15 is 0 Å². The maximum Gasteiger partial charge on any atom is 0.258 e. The van der Waals surface area contributed by atoms with E-state index in [2.05, 4.69) is 20.3 Å². The number of likely N-dealkylation sites (tertiary alicyclic amines) is 1. The van der Waals surface area contributed by atoms with Crippen molar-refractivity contribution >= 4 is 28.2 Å². The van der Waals surface area contributed by atoms with Crippen LogP contribution in [-0.4, -0.2) is 57.6 Å². The molecule has 2 aromatic heterocycles. The van der Waals surface area contributed by atoms with Gasteiger partial charge < -0.3 is 15.0 Å². The molecule has 0 bridgehead atoms. The van der Waals surface area contributed by atoms with E-state index < -0.39 is 0 Å². The highest BCUT2D eigenvalue weighted by Crippen LogP contribution is 2.28. The highest BCUT2D eigenvalue weighted by Gasteiger charge is 2.20. The average molecular weight is 536 g/mol. The van der Waals surface area contributed by atoms with Crippen molar-refractivity contribution in [3.05, 3.63) is 102 Å². The number of amides is 1. The van der Waals surface area contributed by atoms with Crippen molar-refractivity contribution in [3.8, 4) is 5.75 Å². The Balaban J connectivity index is 1.11. The molecular weight excluding hydrogens is 502 g/mol. The molecule has 1 fully saturated rings. The summed E-state index contributed by atoms with van der Waals surface area (Å²) in [5.74, 6) is 0.552. The minimum atomic E-state index is -0.265. The number of allylic oxidation sites excluding steroid dienone is 3. The molecule has 8 nitrogen and oxygen atoms in total. The monoisotopic (exact) mass is 535 g/mol. The van der Waals surface area contributed by atoms with Crippen LogP contribution in [0, 0.1) is 0 Å². The summed E-state index contributed by atoms with van der Waals surface area (Å²) in [6, 6.07) is 17.9. The molecule has 1 amide bonds. The summed E-state index contributed by atoms with van der Waals surface area (Å²) in [6.45, 7) is 4.49. The Hall–Kier alpha value is -4.43. The van der Waals surface area contributed by atoms with E-state index in [-0.39, 0.29) is 18.1 Å². The minimum absolute atomic E-state index is 0.00163. The Morgan fingerprint density at radius 1 is 1.05 bits per heavy atom. The fourth-order valence-corrected chi connectivity index (χ4v) is 5.28. The van der Waals surface area contributed by atoms with Gasteiger partial charge in [0.15, 0.2) is 5.78 Å². The zero-order valence-corrected chi connectivity index (χ0v) is 22.4. The van der Waals surface area contributed by atoms with Crippen molar-refractivity contribution < 1.29 is 14.3 Å². The zero-order valence-electron chi connectivity index (χ0n) is 22.4. The van der Waals surface area contributed by atoms with Crippen molar-refractivity contribution in [1.29, 1.82) is 0 Å². The molecule has 0 radical (unpaired) electrons. The molecule has 0 saturated carbocycles. The van der Waals surface area contributed by atoms with Crippen LogP contribution in [0.15, 0.2) is 84.8 Å². The number of ether oxygens (including phenoxy) is 1. The van der Waals surface area contributed by atoms with Crippen molar-refractivity contribution in [2.45, 2.75) is 32.2 Å². The lowest BCUT2D eigenvalue weighted by atomic mass is 9.98. The van der Waals surface area contributed by atoms with E-state index in [0.717, 1.165) is 47.5 Å². The molecule has 2 N–H and O–H groups in total. The van der Waals surface area contributed by atoms with Crippen molar-refractivity contribution in [2.75, 3.05) is 26.2 Å². The number of nitrogens with one attached hydrogen (secondary N) is 2. The quantitative estimate of drug-likeness (QED) is 0.317. The van der Waals surface area contributed by atoms with Gasteiger partial charge in [-0.3, -0.25) is 19.2 Å². The standard InChI is InChI=1S/C32H33N5O3/c38-31-12-9-26(34-32(39)25-20-33-37(22-25)21-23-7-3-1-4-8-23)19-28(31)30-18-24-17-27(10-11-29(24)35-30)40-16-15-36-13-5-2-6-14-36/h1,3-4,7-11,17-20,22,35H,2,5-6,12-16,21H2,(H,34,39). The van der Waals surface area contributed by atoms with Crippen LogP contribution in [-0.2, 0) is 11.3 Å². The Bertz CT molecular complexity index is 1570. The smallest absolute Gasteiger partial charge is 0.258 e. The second kappa shape index (κ2) is 11.8. The fourth-order valence-electron chi connectivity index (χ4n) is 5.28. The van der Waals surface area contributed by atoms with Crippen molar-refractivity contribution in [2.24, 2.45) is 0 Å². The highest BCUT2D eigenvalue weighted by atomic mass is 16.5.